The number of nitrogens with zero attached hydrogens (tertiary/aromatic N) is 1. The molecular formula is C22H24N2O7S. The number of anilines is 1. The molecule has 2 aromatic rings. The van der Waals surface area contributed by atoms with Crippen LogP contribution in [0, 0.1) is 0 Å². The van der Waals surface area contributed by atoms with Crippen LogP contribution in [-0.4, -0.2) is 56.6 Å². The number of amides is 3. The van der Waals surface area contributed by atoms with Gasteiger partial charge in [0.2, 0.25) is 5.91 Å². The molecule has 1 aliphatic rings. The highest BCUT2D eigenvalue weighted by molar-refractivity contribution is 7.90. The molecule has 170 valence electrons. The average Bonchev–Trinajstić information content (AvgIpc) is 3.02. The van der Waals surface area contributed by atoms with Crippen LogP contribution in [-0.2, 0) is 14.6 Å². The first-order chi connectivity index (χ1) is 18.5. The van der Waals surface area contributed by atoms with Gasteiger partial charge in [0.15, 0.2) is 11.5 Å². The van der Waals surface area contributed by atoms with E-state index in [0.717, 1.165) is 32.0 Å². The number of sulfone groups is 1. The monoisotopic (exact) mass is 469 g/mol. The fraction of sp³-hybridized carbons (Fsp3) is 0.318. The Bertz CT molecular complexity index is 1520. The van der Waals surface area contributed by atoms with Gasteiger partial charge in [-0.05, 0) is 36.8 Å². The molecule has 1 heterocycles. The number of benzene rings is 2. The zero-order valence-electron chi connectivity index (χ0n) is 25.9. The number of ether oxygens (including phenoxy) is 2. The number of imide groups is 1. The second-order valence-corrected chi connectivity index (χ2v) is 8.15. The van der Waals surface area contributed by atoms with Gasteiger partial charge in [0.05, 0.1) is 50.4 Å². The van der Waals surface area contributed by atoms with Crippen molar-refractivity contribution in [1.82, 2.24) is 4.90 Å². The SMILES string of the molecule is [2H]C([2H])([2H])Oc1ccc(C([2H])(CS(=O)(=O)C([2H])([2H])[2H])N2C(=O)c3cccc(NC(C)=O)c3C2=O)cc1OC([2H])([2H])C. The number of hydrogen-bond acceptors (Lipinski definition) is 7. The highest BCUT2D eigenvalue weighted by Crippen LogP contribution is 2.38. The van der Waals surface area contributed by atoms with E-state index in [1.54, 1.807) is 0 Å². The molecule has 1 N–H and O–H groups in total. The average molecular weight is 470 g/mol. The second-order valence-electron chi connectivity index (χ2n) is 6.63. The topological polar surface area (TPSA) is 119 Å². The van der Waals surface area contributed by atoms with Gasteiger partial charge in [0.1, 0.15) is 9.84 Å². The van der Waals surface area contributed by atoms with Crippen LogP contribution in [0.4, 0.5) is 5.69 Å². The Kier molecular flexibility index (Phi) is 3.90. The van der Waals surface area contributed by atoms with E-state index in [1.807, 2.05) is 0 Å². The van der Waals surface area contributed by atoms with Gasteiger partial charge in [0, 0.05) is 17.2 Å². The molecule has 0 saturated heterocycles. The summed E-state index contributed by atoms with van der Waals surface area (Å²) in [4.78, 5) is 39.0. The molecule has 0 saturated carbocycles. The van der Waals surface area contributed by atoms with Gasteiger partial charge in [-0.15, -0.1) is 0 Å². The van der Waals surface area contributed by atoms with Crippen molar-refractivity contribution in [3.05, 3.63) is 53.1 Å². The predicted octanol–water partition coefficient (Wildman–Crippen LogP) is 2.43. The zero-order chi connectivity index (χ0) is 31.3. The number of carbonyl (C=O) groups excluding carboxylic acids is 3. The maximum Gasteiger partial charge on any atom is 0.264 e. The van der Waals surface area contributed by atoms with Crippen LogP contribution in [0.3, 0.4) is 0 Å². The molecule has 10 heteroatoms. The second kappa shape index (κ2) is 8.99. The molecule has 0 radical (unpaired) electrons. The van der Waals surface area contributed by atoms with E-state index in [-0.39, 0.29) is 21.7 Å². The molecule has 9 nitrogen and oxygen atoms in total. The normalized spacial score (nSPS) is 20.6. The Hall–Kier alpha value is -3.40. The Morgan fingerprint density at radius 2 is 2.03 bits per heavy atom. The first-order valence-electron chi connectivity index (χ1n) is 13.5. The Morgan fingerprint density at radius 3 is 2.69 bits per heavy atom. The maximum absolute atomic E-state index is 13.6. The van der Waals surface area contributed by atoms with E-state index in [9.17, 15) is 24.2 Å². The summed E-state index contributed by atoms with van der Waals surface area (Å²) < 4.78 is 105. The van der Waals surface area contributed by atoms with Crippen LogP contribution in [0.2, 0.25) is 0 Å². The van der Waals surface area contributed by atoms with Gasteiger partial charge in [0.25, 0.3) is 11.8 Å². The van der Waals surface area contributed by atoms with Gasteiger partial charge >= 0.3 is 0 Å². The zero-order valence-corrected chi connectivity index (χ0v) is 17.7. The molecule has 0 aromatic heterocycles. The summed E-state index contributed by atoms with van der Waals surface area (Å²) in [6, 6.07) is 3.35. The number of rotatable bonds is 8. The predicted molar refractivity (Wildman–Crippen MR) is 118 cm³/mol. The van der Waals surface area contributed by atoms with Crippen molar-refractivity contribution in [2.75, 3.05) is 30.9 Å². The highest BCUT2D eigenvalue weighted by Gasteiger charge is 2.43. The largest absolute Gasteiger partial charge is 0.493 e. The molecule has 0 aliphatic carbocycles. The third-order valence-corrected chi connectivity index (χ3v) is 5.07. The maximum atomic E-state index is 13.6. The van der Waals surface area contributed by atoms with E-state index in [0.29, 0.717) is 0 Å². The third kappa shape index (κ3) is 4.59. The van der Waals surface area contributed by atoms with Crippen molar-refractivity contribution in [3.8, 4) is 11.5 Å². The first-order valence-corrected chi connectivity index (χ1v) is 10.7. The van der Waals surface area contributed by atoms with E-state index in [2.05, 4.69) is 5.32 Å². The van der Waals surface area contributed by atoms with Gasteiger partial charge in [-0.2, -0.15) is 0 Å². The molecule has 32 heavy (non-hydrogen) atoms. The van der Waals surface area contributed by atoms with Crippen LogP contribution in [0.15, 0.2) is 36.4 Å². The van der Waals surface area contributed by atoms with Crippen molar-refractivity contribution in [2.45, 2.75) is 19.9 Å². The van der Waals surface area contributed by atoms with Crippen molar-refractivity contribution in [3.63, 3.8) is 0 Å². The van der Waals surface area contributed by atoms with Crippen LogP contribution in [0.25, 0.3) is 0 Å². The van der Waals surface area contributed by atoms with Gasteiger partial charge in [-0.3, -0.25) is 19.3 Å². The molecule has 1 aliphatic heterocycles. The lowest BCUT2D eigenvalue weighted by molar-refractivity contribution is -0.114. The lowest BCUT2D eigenvalue weighted by Crippen LogP contribution is -2.37. The Balaban J connectivity index is 2.30. The summed E-state index contributed by atoms with van der Waals surface area (Å²) >= 11 is 0. The lowest BCUT2D eigenvalue weighted by Gasteiger charge is -2.27. The molecule has 1 atom stereocenters. The number of nitrogens with one attached hydrogen (secondary N) is 1. The van der Waals surface area contributed by atoms with E-state index < -0.39 is 76.2 Å². The Morgan fingerprint density at radius 1 is 1.25 bits per heavy atom. The summed E-state index contributed by atoms with van der Waals surface area (Å²) in [5.74, 6) is -5.89. The summed E-state index contributed by atoms with van der Waals surface area (Å²) in [6.07, 6.45) is -3.68. The quantitative estimate of drug-likeness (QED) is 0.590. The molecule has 3 rings (SSSR count). The van der Waals surface area contributed by atoms with Crippen LogP contribution in [0.5, 0.6) is 11.5 Å². The first kappa shape index (κ1) is 13.9. The van der Waals surface area contributed by atoms with Crippen LogP contribution in [0.1, 0.15) is 58.5 Å². The van der Waals surface area contributed by atoms with Gasteiger partial charge < -0.3 is 14.8 Å². The standard InChI is InChI=1S/C22H24N2O7S/c1-5-31-19-11-14(9-10-18(19)30-3)17(12-32(4,28)29)24-21(26)15-7-6-8-16(23-13(2)25)20(15)22(24)27/h6-11,17H,5,12H2,1-4H3,(H,23,25)/i3D3,4D3,5D2,17D. The fourth-order valence-electron chi connectivity index (χ4n) is 3.24. The van der Waals surface area contributed by atoms with Crippen LogP contribution < -0.4 is 14.8 Å². The van der Waals surface area contributed by atoms with Crippen molar-refractivity contribution >= 4 is 33.2 Å². The minimum Gasteiger partial charge on any atom is -0.493 e. The minimum atomic E-state index is -5.23. The van der Waals surface area contributed by atoms with Crippen LogP contribution >= 0.6 is 0 Å². The molecule has 0 fully saturated rings. The van der Waals surface area contributed by atoms with Crippen molar-refractivity contribution < 1.29 is 44.6 Å². The highest BCUT2D eigenvalue weighted by atomic mass is 32.2. The molecular weight excluding hydrogens is 436 g/mol. The summed E-state index contributed by atoms with van der Waals surface area (Å²) in [6.45, 7) is -0.393. The smallest absolute Gasteiger partial charge is 0.264 e. The number of fused-ring (bicyclic) bond motifs is 1. The summed E-state index contributed by atoms with van der Waals surface area (Å²) in [7, 11) is -8.28. The molecule has 1 unspecified atom stereocenters. The third-order valence-electron chi connectivity index (χ3n) is 4.42. The summed E-state index contributed by atoms with van der Waals surface area (Å²) in [5.41, 5.74) is -1.37. The summed E-state index contributed by atoms with van der Waals surface area (Å²) in [5, 5.41) is 2.36. The lowest BCUT2D eigenvalue weighted by atomic mass is 10.1. The van der Waals surface area contributed by atoms with E-state index >= 15 is 0 Å². The van der Waals surface area contributed by atoms with E-state index in [4.69, 9.17) is 20.4 Å². The number of methoxy groups -OCH3 is 1. The fourth-order valence-corrected chi connectivity index (χ4v) is 3.90. The Labute approximate surface area is 198 Å². The minimum absolute atomic E-state index is 0.124. The molecule has 3 amide bonds. The van der Waals surface area contributed by atoms with Crippen molar-refractivity contribution in [2.24, 2.45) is 0 Å². The van der Waals surface area contributed by atoms with E-state index in [1.165, 1.54) is 18.2 Å². The van der Waals surface area contributed by atoms with Crippen molar-refractivity contribution in [1.29, 1.82) is 0 Å². The number of hydrogen-bond donors (Lipinski definition) is 1. The molecule has 0 spiro atoms. The van der Waals surface area contributed by atoms with Gasteiger partial charge in [-0.1, -0.05) is 12.1 Å². The molecule has 0 bridgehead atoms. The molecule has 2 aromatic carbocycles. The van der Waals surface area contributed by atoms with Gasteiger partial charge in [-0.25, -0.2) is 8.42 Å². The number of carbonyl (C=O) groups is 3.